The molecule has 0 atom stereocenters. The third-order valence-corrected chi connectivity index (χ3v) is 4.76. The zero-order chi connectivity index (χ0) is 18.9. The summed E-state index contributed by atoms with van der Waals surface area (Å²) in [6, 6.07) is 9.08. The quantitative estimate of drug-likeness (QED) is 0.695. The zero-order valence-electron chi connectivity index (χ0n) is 15.6. The molecule has 1 aliphatic heterocycles. The number of carbonyl (C=O) groups is 2. The molecular weight excluding hydrogens is 342 g/mol. The number of aromatic nitrogens is 3. The number of nitrogens with one attached hydrogen (secondary N) is 2. The molecule has 0 saturated carbocycles. The molecule has 0 aliphatic carbocycles. The van der Waals surface area contributed by atoms with Gasteiger partial charge in [-0.1, -0.05) is 24.6 Å². The van der Waals surface area contributed by atoms with Gasteiger partial charge in [-0.15, -0.1) is 10.2 Å². The normalized spacial score (nSPS) is 13.5. The SMILES string of the molecule is O=C(CCCNC(=O)c1ccccc1)NCCc1nnc2n1CCCCC2. The molecule has 3 rings (SSSR count). The van der Waals surface area contributed by atoms with E-state index in [4.69, 9.17) is 0 Å². The predicted octanol–water partition coefficient (Wildman–Crippen LogP) is 1.87. The fourth-order valence-electron chi connectivity index (χ4n) is 3.27. The largest absolute Gasteiger partial charge is 0.356 e. The third-order valence-electron chi connectivity index (χ3n) is 4.76. The lowest BCUT2D eigenvalue weighted by atomic mass is 10.2. The fraction of sp³-hybridized carbons (Fsp3) is 0.500. The van der Waals surface area contributed by atoms with Gasteiger partial charge in [-0.05, 0) is 31.4 Å². The molecular formula is C20H27N5O2. The highest BCUT2D eigenvalue weighted by molar-refractivity contribution is 5.94. The molecule has 2 amide bonds. The second-order valence-electron chi connectivity index (χ2n) is 6.82. The Morgan fingerprint density at radius 2 is 1.85 bits per heavy atom. The Balaban J connectivity index is 1.31. The summed E-state index contributed by atoms with van der Waals surface area (Å²) in [5, 5.41) is 14.3. The Morgan fingerprint density at radius 1 is 1.00 bits per heavy atom. The van der Waals surface area contributed by atoms with Gasteiger partial charge in [0.25, 0.3) is 5.91 Å². The Labute approximate surface area is 159 Å². The third kappa shape index (κ3) is 5.64. The first-order chi connectivity index (χ1) is 13.2. The lowest BCUT2D eigenvalue weighted by molar-refractivity contribution is -0.121. The number of nitrogens with zero attached hydrogens (tertiary/aromatic N) is 3. The molecule has 0 saturated heterocycles. The van der Waals surface area contributed by atoms with Crippen LogP contribution in [0.25, 0.3) is 0 Å². The van der Waals surface area contributed by atoms with Gasteiger partial charge in [0.2, 0.25) is 5.91 Å². The smallest absolute Gasteiger partial charge is 0.251 e. The van der Waals surface area contributed by atoms with Gasteiger partial charge in [0, 0.05) is 44.5 Å². The van der Waals surface area contributed by atoms with E-state index in [9.17, 15) is 9.59 Å². The van der Waals surface area contributed by atoms with Gasteiger partial charge >= 0.3 is 0 Å². The van der Waals surface area contributed by atoms with Gasteiger partial charge in [-0.25, -0.2) is 0 Å². The molecule has 0 fully saturated rings. The summed E-state index contributed by atoms with van der Waals surface area (Å²) >= 11 is 0. The van der Waals surface area contributed by atoms with Crippen LogP contribution >= 0.6 is 0 Å². The second kappa shape index (κ2) is 9.85. The van der Waals surface area contributed by atoms with E-state index < -0.39 is 0 Å². The van der Waals surface area contributed by atoms with Crippen molar-refractivity contribution in [3.8, 4) is 0 Å². The summed E-state index contributed by atoms with van der Waals surface area (Å²) in [5.41, 5.74) is 0.634. The first-order valence-corrected chi connectivity index (χ1v) is 9.75. The molecule has 0 spiro atoms. The molecule has 1 aliphatic rings. The van der Waals surface area contributed by atoms with Crippen molar-refractivity contribution in [1.82, 2.24) is 25.4 Å². The van der Waals surface area contributed by atoms with Crippen LogP contribution in [0.2, 0.25) is 0 Å². The number of benzene rings is 1. The van der Waals surface area contributed by atoms with Crippen LogP contribution in [0.5, 0.6) is 0 Å². The summed E-state index contributed by atoms with van der Waals surface area (Å²) in [6.45, 7) is 2.03. The van der Waals surface area contributed by atoms with Crippen molar-refractivity contribution in [2.75, 3.05) is 13.1 Å². The number of hydrogen-bond donors (Lipinski definition) is 2. The van der Waals surface area contributed by atoms with Crippen molar-refractivity contribution in [3.05, 3.63) is 47.5 Å². The maximum Gasteiger partial charge on any atom is 0.251 e. The van der Waals surface area contributed by atoms with E-state index in [1.54, 1.807) is 12.1 Å². The number of rotatable bonds is 8. The molecule has 0 unspecified atom stereocenters. The van der Waals surface area contributed by atoms with Crippen molar-refractivity contribution in [2.24, 2.45) is 0 Å². The summed E-state index contributed by atoms with van der Waals surface area (Å²) in [7, 11) is 0. The van der Waals surface area contributed by atoms with Crippen LogP contribution in [-0.2, 0) is 24.2 Å². The fourth-order valence-corrected chi connectivity index (χ4v) is 3.27. The van der Waals surface area contributed by atoms with Gasteiger partial charge in [0.15, 0.2) is 0 Å². The molecule has 27 heavy (non-hydrogen) atoms. The van der Waals surface area contributed by atoms with Crippen LogP contribution in [-0.4, -0.2) is 39.7 Å². The summed E-state index contributed by atoms with van der Waals surface area (Å²) in [5.74, 6) is 1.92. The van der Waals surface area contributed by atoms with E-state index >= 15 is 0 Å². The van der Waals surface area contributed by atoms with E-state index in [2.05, 4.69) is 25.4 Å². The minimum absolute atomic E-state index is 0.000403. The van der Waals surface area contributed by atoms with Crippen molar-refractivity contribution in [1.29, 1.82) is 0 Å². The van der Waals surface area contributed by atoms with E-state index in [1.807, 2.05) is 18.2 Å². The molecule has 2 N–H and O–H groups in total. The van der Waals surface area contributed by atoms with Gasteiger partial charge in [-0.3, -0.25) is 9.59 Å². The molecule has 7 nitrogen and oxygen atoms in total. The van der Waals surface area contributed by atoms with Crippen LogP contribution < -0.4 is 10.6 Å². The van der Waals surface area contributed by atoms with Crippen LogP contribution in [0, 0.1) is 0 Å². The van der Waals surface area contributed by atoms with Gasteiger partial charge in [-0.2, -0.15) is 0 Å². The van der Waals surface area contributed by atoms with E-state index in [-0.39, 0.29) is 11.8 Å². The molecule has 2 heterocycles. The average Bonchev–Trinajstić information content (AvgIpc) is 2.92. The lowest BCUT2D eigenvalue weighted by Crippen LogP contribution is -2.29. The minimum Gasteiger partial charge on any atom is -0.356 e. The first kappa shape index (κ1) is 19.1. The van der Waals surface area contributed by atoms with E-state index in [1.165, 1.54) is 19.3 Å². The standard InChI is InChI=1S/C20H27N5O2/c26-19(11-7-13-22-20(27)16-8-3-1-4-9-16)21-14-12-18-24-23-17-10-5-2-6-15-25(17)18/h1,3-4,8-9H,2,5-7,10-15H2,(H,21,26)(H,22,27). The zero-order valence-corrected chi connectivity index (χ0v) is 15.6. The lowest BCUT2D eigenvalue weighted by Gasteiger charge is -2.08. The van der Waals surface area contributed by atoms with Crippen molar-refractivity contribution >= 4 is 11.8 Å². The maximum atomic E-state index is 12.0. The highest BCUT2D eigenvalue weighted by Gasteiger charge is 2.14. The summed E-state index contributed by atoms with van der Waals surface area (Å²) in [6.07, 6.45) is 6.28. The number of fused-ring (bicyclic) bond motifs is 1. The Hall–Kier alpha value is -2.70. The van der Waals surface area contributed by atoms with Gasteiger partial charge in [0.05, 0.1) is 0 Å². The van der Waals surface area contributed by atoms with Crippen LogP contribution in [0.15, 0.2) is 30.3 Å². The van der Waals surface area contributed by atoms with Crippen LogP contribution in [0.3, 0.4) is 0 Å². The average molecular weight is 369 g/mol. The predicted molar refractivity (Wildman–Crippen MR) is 102 cm³/mol. The molecule has 144 valence electrons. The van der Waals surface area contributed by atoms with Crippen molar-refractivity contribution < 1.29 is 9.59 Å². The molecule has 1 aromatic carbocycles. The van der Waals surface area contributed by atoms with E-state index in [0.29, 0.717) is 37.9 Å². The number of hydrogen-bond acceptors (Lipinski definition) is 4. The Morgan fingerprint density at radius 3 is 2.70 bits per heavy atom. The van der Waals surface area contributed by atoms with Crippen molar-refractivity contribution in [2.45, 2.75) is 51.5 Å². The Kier molecular flexibility index (Phi) is 6.96. The van der Waals surface area contributed by atoms with E-state index in [0.717, 1.165) is 24.6 Å². The molecule has 1 aromatic heterocycles. The van der Waals surface area contributed by atoms with Gasteiger partial charge in [0.1, 0.15) is 11.6 Å². The van der Waals surface area contributed by atoms with Gasteiger partial charge < -0.3 is 15.2 Å². The molecule has 0 radical (unpaired) electrons. The topological polar surface area (TPSA) is 88.9 Å². The highest BCUT2D eigenvalue weighted by atomic mass is 16.2. The molecule has 7 heteroatoms. The highest BCUT2D eigenvalue weighted by Crippen LogP contribution is 2.14. The summed E-state index contributed by atoms with van der Waals surface area (Å²) < 4.78 is 2.21. The molecule has 0 bridgehead atoms. The number of aryl methyl sites for hydroxylation is 1. The second-order valence-corrected chi connectivity index (χ2v) is 6.82. The number of carbonyl (C=O) groups excluding carboxylic acids is 2. The maximum absolute atomic E-state index is 12.0. The molecule has 2 aromatic rings. The summed E-state index contributed by atoms with van der Waals surface area (Å²) in [4.78, 5) is 23.9. The van der Waals surface area contributed by atoms with Crippen LogP contribution in [0.1, 0.15) is 54.1 Å². The Bertz CT molecular complexity index is 757. The minimum atomic E-state index is -0.108. The van der Waals surface area contributed by atoms with Crippen LogP contribution in [0.4, 0.5) is 0 Å². The number of amides is 2. The van der Waals surface area contributed by atoms with Crippen molar-refractivity contribution in [3.63, 3.8) is 0 Å². The first-order valence-electron chi connectivity index (χ1n) is 9.75. The monoisotopic (exact) mass is 369 g/mol.